The lowest BCUT2D eigenvalue weighted by atomic mass is 10.0. The van der Waals surface area contributed by atoms with Gasteiger partial charge in [-0.2, -0.15) is 0 Å². The van der Waals surface area contributed by atoms with Crippen LogP contribution in [0.2, 0.25) is 0 Å². The second kappa shape index (κ2) is 9.33. The van der Waals surface area contributed by atoms with Crippen molar-refractivity contribution in [2.45, 2.75) is 17.7 Å². The summed E-state index contributed by atoms with van der Waals surface area (Å²) in [6.45, 7) is 0.168. The lowest BCUT2D eigenvalue weighted by molar-refractivity contribution is -0.118. The Morgan fingerprint density at radius 1 is 0.970 bits per heavy atom. The van der Waals surface area contributed by atoms with Crippen LogP contribution in [-0.2, 0) is 21.2 Å². The molecule has 0 unspecified atom stereocenters. The molecule has 1 heterocycles. The van der Waals surface area contributed by atoms with Crippen LogP contribution in [0.1, 0.15) is 22.3 Å². The number of hydrogen-bond acceptors (Lipinski definition) is 5. The Hall–Kier alpha value is -3.85. The first kappa shape index (κ1) is 22.3. The van der Waals surface area contributed by atoms with E-state index in [0.29, 0.717) is 29.2 Å². The lowest BCUT2D eigenvalue weighted by Gasteiger charge is -2.30. The van der Waals surface area contributed by atoms with Crippen molar-refractivity contribution in [3.63, 3.8) is 0 Å². The molecule has 3 aromatic carbocycles. The summed E-state index contributed by atoms with van der Waals surface area (Å²) in [4.78, 5) is 23.4. The van der Waals surface area contributed by atoms with Gasteiger partial charge >= 0.3 is 0 Å². The van der Waals surface area contributed by atoms with E-state index in [2.05, 4.69) is 5.32 Å². The molecule has 0 atom stereocenters. The van der Waals surface area contributed by atoms with Crippen LogP contribution in [0.3, 0.4) is 0 Å². The molecule has 0 saturated carbocycles. The van der Waals surface area contributed by atoms with Crippen LogP contribution in [0.5, 0.6) is 5.75 Å². The number of fused-ring (bicyclic) bond motifs is 1. The number of sulfonamides is 1. The van der Waals surface area contributed by atoms with E-state index in [4.69, 9.17) is 10.5 Å². The Labute approximate surface area is 192 Å². The summed E-state index contributed by atoms with van der Waals surface area (Å²) in [5.74, 6) is -0.582. The highest BCUT2D eigenvalue weighted by Gasteiger charge is 2.28. The zero-order chi connectivity index (χ0) is 23.4. The van der Waals surface area contributed by atoms with Crippen LogP contribution in [0.15, 0.2) is 77.7 Å². The topological polar surface area (TPSA) is 119 Å². The van der Waals surface area contributed by atoms with Gasteiger partial charge in [0.2, 0.25) is 5.91 Å². The molecule has 1 aliphatic heterocycles. The van der Waals surface area contributed by atoms with E-state index in [9.17, 15) is 18.0 Å². The van der Waals surface area contributed by atoms with Gasteiger partial charge in [-0.25, -0.2) is 8.42 Å². The Kier molecular flexibility index (Phi) is 6.32. The largest absolute Gasteiger partial charge is 0.484 e. The number of rotatable bonds is 7. The monoisotopic (exact) mass is 465 g/mol. The molecule has 170 valence electrons. The fourth-order valence-electron chi connectivity index (χ4n) is 3.65. The van der Waals surface area contributed by atoms with E-state index in [1.54, 1.807) is 12.1 Å². The molecule has 2 amide bonds. The molecule has 0 saturated heterocycles. The number of nitrogens with two attached hydrogens (primary N) is 1. The molecule has 8 nitrogen and oxygen atoms in total. The van der Waals surface area contributed by atoms with E-state index in [-0.39, 0.29) is 11.5 Å². The molecule has 33 heavy (non-hydrogen) atoms. The molecule has 3 N–H and O–H groups in total. The number of nitrogens with zero attached hydrogens (tertiary/aromatic N) is 1. The third kappa shape index (κ3) is 4.98. The summed E-state index contributed by atoms with van der Waals surface area (Å²) in [6.07, 6.45) is 1.62. The maximum absolute atomic E-state index is 13.2. The first-order valence-corrected chi connectivity index (χ1v) is 11.8. The number of nitrogens with one attached hydrogen (secondary N) is 1. The van der Waals surface area contributed by atoms with Gasteiger partial charge in [0.1, 0.15) is 5.75 Å². The fraction of sp³-hybridized carbons (Fsp3) is 0.167. The standard InChI is InChI=1S/C24H23N3O5S/c25-24(29)18-7-9-19(10-8-18)26-23(28)16-32-20-11-13-21(14-12-20)33(30,31)27-15-3-5-17-4-1-2-6-22(17)27/h1-2,4,6-14H,3,5,15-16H2,(H2,25,29)(H,26,28). The number of benzene rings is 3. The van der Waals surface area contributed by atoms with Crippen molar-refractivity contribution in [1.82, 2.24) is 0 Å². The molecule has 0 aromatic heterocycles. The molecule has 9 heteroatoms. The number of anilines is 2. The molecule has 0 radical (unpaired) electrons. The Morgan fingerprint density at radius 2 is 1.67 bits per heavy atom. The van der Waals surface area contributed by atoms with Gasteiger partial charge in [-0.1, -0.05) is 18.2 Å². The highest BCUT2D eigenvalue weighted by atomic mass is 32.2. The van der Waals surface area contributed by atoms with Gasteiger partial charge in [0.25, 0.3) is 15.9 Å². The molecule has 0 aliphatic carbocycles. The van der Waals surface area contributed by atoms with Crippen molar-refractivity contribution in [1.29, 1.82) is 0 Å². The number of carbonyl (C=O) groups is 2. The average Bonchev–Trinajstić information content (AvgIpc) is 2.83. The zero-order valence-corrected chi connectivity index (χ0v) is 18.5. The van der Waals surface area contributed by atoms with Crippen LogP contribution >= 0.6 is 0 Å². The minimum absolute atomic E-state index is 0.158. The van der Waals surface area contributed by atoms with E-state index in [1.807, 2.05) is 24.3 Å². The average molecular weight is 466 g/mol. The molecule has 0 spiro atoms. The molecule has 3 aromatic rings. The Morgan fingerprint density at radius 3 is 2.36 bits per heavy atom. The number of para-hydroxylation sites is 1. The van der Waals surface area contributed by atoms with Crippen molar-refractivity contribution in [3.8, 4) is 5.75 Å². The highest BCUT2D eigenvalue weighted by Crippen LogP contribution is 2.32. The highest BCUT2D eigenvalue weighted by molar-refractivity contribution is 7.92. The van der Waals surface area contributed by atoms with Crippen molar-refractivity contribution in [2.75, 3.05) is 22.8 Å². The zero-order valence-electron chi connectivity index (χ0n) is 17.7. The van der Waals surface area contributed by atoms with Gasteiger partial charge in [0, 0.05) is 17.8 Å². The number of hydrogen-bond donors (Lipinski definition) is 2. The summed E-state index contributed by atoms with van der Waals surface area (Å²) in [5.41, 5.74) is 7.76. The van der Waals surface area contributed by atoms with Gasteiger partial charge in [0.15, 0.2) is 6.61 Å². The Bertz CT molecular complexity index is 1270. The minimum atomic E-state index is -3.71. The lowest BCUT2D eigenvalue weighted by Crippen LogP contribution is -2.35. The van der Waals surface area contributed by atoms with Crippen LogP contribution in [-0.4, -0.2) is 33.4 Å². The smallest absolute Gasteiger partial charge is 0.264 e. The predicted molar refractivity (Wildman–Crippen MR) is 125 cm³/mol. The van der Waals surface area contributed by atoms with Gasteiger partial charge in [-0.3, -0.25) is 13.9 Å². The van der Waals surface area contributed by atoms with E-state index in [0.717, 1.165) is 18.4 Å². The molecule has 1 aliphatic rings. The van der Waals surface area contributed by atoms with Crippen LogP contribution in [0.25, 0.3) is 0 Å². The number of amides is 2. The summed E-state index contributed by atoms with van der Waals surface area (Å²) < 4.78 is 33.3. The predicted octanol–water partition coefficient (Wildman–Crippen LogP) is 2.94. The normalized spacial score (nSPS) is 13.2. The molecular formula is C24H23N3O5S. The third-order valence-corrected chi connectivity index (χ3v) is 7.13. The summed E-state index contributed by atoms with van der Waals surface area (Å²) in [7, 11) is -3.71. The van der Waals surface area contributed by atoms with Crippen LogP contribution in [0.4, 0.5) is 11.4 Å². The van der Waals surface area contributed by atoms with Gasteiger partial charge in [-0.05, 0) is 73.0 Å². The molecule has 4 rings (SSSR count). The maximum atomic E-state index is 13.2. The number of ether oxygens (including phenoxy) is 1. The molecular weight excluding hydrogens is 442 g/mol. The van der Waals surface area contributed by atoms with E-state index < -0.39 is 21.8 Å². The first-order chi connectivity index (χ1) is 15.8. The van der Waals surface area contributed by atoms with Gasteiger partial charge < -0.3 is 15.8 Å². The fourth-order valence-corrected chi connectivity index (χ4v) is 5.19. The van der Waals surface area contributed by atoms with Gasteiger partial charge in [0.05, 0.1) is 10.6 Å². The maximum Gasteiger partial charge on any atom is 0.264 e. The Balaban J connectivity index is 1.38. The van der Waals surface area contributed by atoms with Gasteiger partial charge in [-0.15, -0.1) is 0 Å². The van der Waals surface area contributed by atoms with Crippen molar-refractivity contribution < 1.29 is 22.7 Å². The summed E-state index contributed by atoms with van der Waals surface area (Å²) in [5, 5.41) is 2.65. The van der Waals surface area contributed by atoms with Crippen molar-refractivity contribution in [3.05, 3.63) is 83.9 Å². The summed E-state index contributed by atoms with van der Waals surface area (Å²) >= 11 is 0. The number of primary amides is 1. The SMILES string of the molecule is NC(=O)c1ccc(NC(=O)COc2ccc(S(=O)(=O)N3CCCc4ccccc43)cc2)cc1. The summed E-state index contributed by atoms with van der Waals surface area (Å²) in [6, 6.07) is 19.7. The van der Waals surface area contributed by atoms with Crippen LogP contribution < -0.4 is 20.1 Å². The number of carbonyl (C=O) groups excluding carboxylic acids is 2. The van der Waals surface area contributed by atoms with E-state index >= 15 is 0 Å². The second-order valence-corrected chi connectivity index (χ2v) is 9.42. The van der Waals surface area contributed by atoms with E-state index in [1.165, 1.54) is 40.7 Å². The second-order valence-electron chi connectivity index (χ2n) is 7.56. The molecule has 0 fully saturated rings. The van der Waals surface area contributed by atoms with Crippen molar-refractivity contribution >= 4 is 33.2 Å². The molecule has 0 bridgehead atoms. The van der Waals surface area contributed by atoms with Crippen LogP contribution in [0, 0.1) is 0 Å². The first-order valence-electron chi connectivity index (χ1n) is 10.4. The van der Waals surface area contributed by atoms with Crippen molar-refractivity contribution in [2.24, 2.45) is 5.73 Å². The third-order valence-electron chi connectivity index (χ3n) is 5.30. The quantitative estimate of drug-likeness (QED) is 0.556. The number of aryl methyl sites for hydroxylation is 1. The minimum Gasteiger partial charge on any atom is -0.484 e.